The van der Waals surface area contributed by atoms with Crippen LogP contribution in [0.4, 0.5) is 0 Å². The molecule has 20 heavy (non-hydrogen) atoms. The lowest BCUT2D eigenvalue weighted by Crippen LogP contribution is -2.60. The van der Waals surface area contributed by atoms with E-state index in [1.807, 2.05) is 13.8 Å². The van der Waals surface area contributed by atoms with Gasteiger partial charge in [0.25, 0.3) is 0 Å². The van der Waals surface area contributed by atoms with Gasteiger partial charge in [0.1, 0.15) is 6.04 Å². The lowest BCUT2D eigenvalue weighted by atomic mass is 9.96. The van der Waals surface area contributed by atoms with Crippen molar-refractivity contribution in [3.05, 3.63) is 0 Å². The topological polar surface area (TPSA) is 58.6 Å². The van der Waals surface area contributed by atoms with Gasteiger partial charge in [-0.2, -0.15) is 0 Å². The molecule has 5 nitrogen and oxygen atoms in total. The van der Waals surface area contributed by atoms with E-state index in [1.165, 1.54) is 0 Å². The summed E-state index contributed by atoms with van der Waals surface area (Å²) in [5.41, 5.74) is 0. The van der Waals surface area contributed by atoms with Crippen LogP contribution in [0, 0.1) is 5.92 Å². The summed E-state index contributed by atoms with van der Waals surface area (Å²) in [4.78, 5) is 25.8. The fourth-order valence-electron chi connectivity index (χ4n) is 2.92. The smallest absolute Gasteiger partial charge is 0.245 e. The molecule has 0 aliphatic carbocycles. The van der Waals surface area contributed by atoms with Gasteiger partial charge in [-0.1, -0.05) is 20.3 Å². The summed E-state index contributed by atoms with van der Waals surface area (Å²) in [6.45, 7) is 5.79. The summed E-state index contributed by atoms with van der Waals surface area (Å²) >= 11 is 0. The molecule has 2 amide bonds. The minimum Gasteiger partial charge on any atom is -0.378 e. The van der Waals surface area contributed by atoms with Crippen LogP contribution in [-0.2, 0) is 14.3 Å². The van der Waals surface area contributed by atoms with E-state index in [9.17, 15) is 9.59 Å². The Bertz CT molecular complexity index is 353. The Morgan fingerprint density at radius 3 is 2.90 bits per heavy atom. The highest BCUT2D eigenvalue weighted by molar-refractivity contribution is 5.94. The monoisotopic (exact) mass is 282 g/mol. The lowest BCUT2D eigenvalue weighted by molar-refractivity contribution is -0.145. The molecule has 0 spiro atoms. The number of nitrogens with one attached hydrogen (secondary N) is 1. The molecule has 2 heterocycles. The first-order chi connectivity index (χ1) is 9.61. The Kier molecular flexibility index (Phi) is 5.40. The molecule has 0 aromatic rings. The molecule has 1 N–H and O–H groups in total. The summed E-state index contributed by atoms with van der Waals surface area (Å²) in [5.74, 6) is 0.228. The second kappa shape index (κ2) is 7.07. The summed E-state index contributed by atoms with van der Waals surface area (Å²) in [6, 6.07) is -0.344. The molecule has 2 saturated heterocycles. The van der Waals surface area contributed by atoms with Crippen molar-refractivity contribution in [1.82, 2.24) is 10.2 Å². The zero-order chi connectivity index (χ0) is 14.5. The van der Waals surface area contributed by atoms with Crippen molar-refractivity contribution >= 4 is 11.8 Å². The largest absolute Gasteiger partial charge is 0.378 e. The van der Waals surface area contributed by atoms with E-state index >= 15 is 0 Å². The number of hydrogen-bond donors (Lipinski definition) is 1. The van der Waals surface area contributed by atoms with Gasteiger partial charge >= 0.3 is 0 Å². The molecular formula is C15H26N2O3. The van der Waals surface area contributed by atoms with Gasteiger partial charge in [0, 0.05) is 13.2 Å². The van der Waals surface area contributed by atoms with Crippen molar-refractivity contribution in [1.29, 1.82) is 0 Å². The fraction of sp³-hybridized carbons (Fsp3) is 0.867. The summed E-state index contributed by atoms with van der Waals surface area (Å²) < 4.78 is 5.58. The summed E-state index contributed by atoms with van der Waals surface area (Å²) in [5, 5.41) is 2.82. The number of nitrogens with zero attached hydrogens (tertiary/aromatic N) is 1. The third kappa shape index (κ3) is 3.72. The van der Waals surface area contributed by atoms with Crippen LogP contribution in [0.2, 0.25) is 0 Å². The maximum absolute atomic E-state index is 12.4. The minimum atomic E-state index is -0.344. The predicted molar refractivity (Wildman–Crippen MR) is 76.2 cm³/mol. The van der Waals surface area contributed by atoms with Crippen LogP contribution < -0.4 is 5.32 Å². The van der Waals surface area contributed by atoms with Crippen LogP contribution in [0.3, 0.4) is 0 Å². The van der Waals surface area contributed by atoms with Crippen LogP contribution in [-0.4, -0.2) is 48.6 Å². The van der Waals surface area contributed by atoms with Gasteiger partial charge < -0.3 is 15.0 Å². The Hall–Kier alpha value is -1.10. The highest BCUT2D eigenvalue weighted by Crippen LogP contribution is 2.18. The highest BCUT2D eigenvalue weighted by atomic mass is 16.5. The van der Waals surface area contributed by atoms with Gasteiger partial charge in [-0.3, -0.25) is 9.59 Å². The molecule has 3 unspecified atom stereocenters. The molecule has 2 aliphatic heterocycles. The van der Waals surface area contributed by atoms with Gasteiger partial charge in [0.15, 0.2) is 0 Å². The van der Waals surface area contributed by atoms with E-state index < -0.39 is 0 Å². The zero-order valence-corrected chi connectivity index (χ0v) is 12.6. The van der Waals surface area contributed by atoms with Crippen molar-refractivity contribution in [3.63, 3.8) is 0 Å². The molecule has 2 fully saturated rings. The first-order valence-corrected chi connectivity index (χ1v) is 7.81. The van der Waals surface area contributed by atoms with Crippen molar-refractivity contribution in [2.24, 2.45) is 5.92 Å². The number of carbonyl (C=O) groups is 2. The number of carbonyl (C=O) groups excluding carboxylic acids is 2. The Balaban J connectivity index is 1.82. The molecule has 3 atom stereocenters. The van der Waals surface area contributed by atoms with Crippen LogP contribution >= 0.6 is 0 Å². The van der Waals surface area contributed by atoms with Crippen molar-refractivity contribution in [3.8, 4) is 0 Å². The summed E-state index contributed by atoms with van der Waals surface area (Å²) in [6.07, 6.45) is 5.42. The lowest BCUT2D eigenvalue weighted by Gasteiger charge is -2.35. The Morgan fingerprint density at radius 1 is 1.45 bits per heavy atom. The molecule has 2 rings (SSSR count). The van der Waals surface area contributed by atoms with E-state index in [0.717, 1.165) is 38.7 Å². The van der Waals surface area contributed by atoms with Gasteiger partial charge in [-0.15, -0.1) is 0 Å². The molecule has 0 bridgehead atoms. The second-order valence-corrected chi connectivity index (χ2v) is 5.97. The SMILES string of the molecule is CCC(C)C1NC(=O)CN(CCCC2CCCO2)C1=O. The molecule has 0 aromatic carbocycles. The number of amides is 2. The van der Waals surface area contributed by atoms with E-state index in [2.05, 4.69) is 5.32 Å². The van der Waals surface area contributed by atoms with Gasteiger partial charge in [0.05, 0.1) is 12.6 Å². The average Bonchev–Trinajstić information content (AvgIpc) is 2.94. The van der Waals surface area contributed by atoms with E-state index in [-0.39, 0.29) is 30.3 Å². The van der Waals surface area contributed by atoms with Crippen molar-refractivity contribution in [2.75, 3.05) is 19.7 Å². The molecule has 0 radical (unpaired) electrons. The number of rotatable bonds is 6. The third-order valence-electron chi connectivity index (χ3n) is 4.42. The Morgan fingerprint density at radius 2 is 2.25 bits per heavy atom. The standard InChI is InChI=1S/C15H26N2O3/c1-3-11(2)14-15(19)17(10-13(18)16-14)8-4-6-12-7-5-9-20-12/h11-12,14H,3-10H2,1-2H3,(H,16,18). The first-order valence-electron chi connectivity index (χ1n) is 7.81. The van der Waals surface area contributed by atoms with Crippen LogP contribution in [0.15, 0.2) is 0 Å². The van der Waals surface area contributed by atoms with Gasteiger partial charge in [-0.05, 0) is 31.6 Å². The van der Waals surface area contributed by atoms with Gasteiger partial charge in [-0.25, -0.2) is 0 Å². The Labute approximate surface area is 121 Å². The molecule has 2 aliphatic rings. The highest BCUT2D eigenvalue weighted by Gasteiger charge is 2.35. The summed E-state index contributed by atoms with van der Waals surface area (Å²) in [7, 11) is 0. The quantitative estimate of drug-likeness (QED) is 0.799. The average molecular weight is 282 g/mol. The van der Waals surface area contributed by atoms with E-state index in [1.54, 1.807) is 4.90 Å². The molecule has 114 valence electrons. The zero-order valence-electron chi connectivity index (χ0n) is 12.6. The third-order valence-corrected chi connectivity index (χ3v) is 4.42. The van der Waals surface area contributed by atoms with Crippen molar-refractivity contribution in [2.45, 2.75) is 58.1 Å². The normalized spacial score (nSPS) is 28.6. The molecule has 5 heteroatoms. The molecule has 0 aromatic heterocycles. The van der Waals surface area contributed by atoms with Crippen molar-refractivity contribution < 1.29 is 14.3 Å². The number of piperazine rings is 1. The maximum Gasteiger partial charge on any atom is 0.245 e. The minimum absolute atomic E-state index is 0.0352. The van der Waals surface area contributed by atoms with E-state index in [0.29, 0.717) is 12.6 Å². The fourth-order valence-corrected chi connectivity index (χ4v) is 2.92. The molecule has 0 saturated carbocycles. The molecular weight excluding hydrogens is 256 g/mol. The number of hydrogen-bond acceptors (Lipinski definition) is 3. The van der Waals surface area contributed by atoms with E-state index in [4.69, 9.17) is 4.74 Å². The van der Waals surface area contributed by atoms with Crippen LogP contribution in [0.5, 0.6) is 0 Å². The first kappa shape index (κ1) is 15.3. The number of ether oxygens (including phenoxy) is 1. The predicted octanol–water partition coefficient (Wildman–Crippen LogP) is 1.32. The van der Waals surface area contributed by atoms with Gasteiger partial charge in [0.2, 0.25) is 11.8 Å². The van der Waals surface area contributed by atoms with Crippen LogP contribution in [0.1, 0.15) is 46.0 Å². The second-order valence-electron chi connectivity index (χ2n) is 5.97. The van der Waals surface area contributed by atoms with Crippen LogP contribution in [0.25, 0.3) is 0 Å². The maximum atomic E-state index is 12.4.